The molecule has 0 bridgehead atoms. The molecule has 3 rings (SSSR count). The Hall–Kier alpha value is -4.05. The van der Waals surface area contributed by atoms with E-state index in [-0.39, 0.29) is 5.91 Å². The van der Waals surface area contributed by atoms with E-state index in [1.165, 1.54) is 0 Å². The minimum atomic E-state index is 0.0988. The Morgan fingerprint density at radius 3 is 2.44 bits per heavy atom. The molecule has 0 unspecified atom stereocenters. The smallest absolute Gasteiger partial charge is 0.229 e. The molecular formula is C29H38N6O. The molecule has 190 valence electrons. The van der Waals surface area contributed by atoms with E-state index in [1.807, 2.05) is 76.3 Å². The van der Waals surface area contributed by atoms with Gasteiger partial charge in [0.1, 0.15) is 5.82 Å². The van der Waals surface area contributed by atoms with Crippen molar-refractivity contribution in [1.29, 1.82) is 0 Å². The molecule has 0 aliphatic heterocycles. The highest BCUT2D eigenvalue weighted by Crippen LogP contribution is 2.26. The molecule has 0 fully saturated rings. The topological polar surface area (TPSA) is 91.0 Å². The molecule has 2 aromatic carbocycles. The Balaban J connectivity index is 0.00000222. The molecule has 0 saturated heterocycles. The van der Waals surface area contributed by atoms with Gasteiger partial charge < -0.3 is 21.3 Å². The van der Waals surface area contributed by atoms with Gasteiger partial charge in [0, 0.05) is 31.9 Å². The van der Waals surface area contributed by atoms with Crippen molar-refractivity contribution in [2.75, 3.05) is 29.5 Å². The number of unbranched alkanes of at least 4 members (excludes halogenated alkanes) is 1. The van der Waals surface area contributed by atoms with Gasteiger partial charge in [-0.15, -0.1) is 5.92 Å². The maximum atomic E-state index is 11.9. The van der Waals surface area contributed by atoms with Gasteiger partial charge in [0.15, 0.2) is 0 Å². The molecule has 0 aliphatic carbocycles. The fourth-order valence-electron chi connectivity index (χ4n) is 3.39. The molecule has 0 radical (unpaired) electrons. The van der Waals surface area contributed by atoms with Crippen molar-refractivity contribution >= 4 is 34.7 Å². The van der Waals surface area contributed by atoms with Crippen LogP contribution in [0.3, 0.4) is 0 Å². The Labute approximate surface area is 215 Å². The van der Waals surface area contributed by atoms with E-state index in [1.54, 1.807) is 6.20 Å². The van der Waals surface area contributed by atoms with Gasteiger partial charge in [-0.05, 0) is 55.7 Å². The number of aryl methyl sites for hydroxylation is 1. The lowest BCUT2D eigenvalue weighted by molar-refractivity contribution is -0.121. The summed E-state index contributed by atoms with van der Waals surface area (Å²) in [5.41, 5.74) is 4.69. The summed E-state index contributed by atoms with van der Waals surface area (Å²) < 4.78 is 0. The Kier molecular flexibility index (Phi) is 12.4. The predicted molar refractivity (Wildman–Crippen MR) is 151 cm³/mol. The Morgan fingerprint density at radius 1 is 1.00 bits per heavy atom. The van der Waals surface area contributed by atoms with Gasteiger partial charge in [0.2, 0.25) is 11.9 Å². The molecule has 7 nitrogen and oxygen atoms in total. The lowest BCUT2D eigenvalue weighted by atomic mass is 10.1. The summed E-state index contributed by atoms with van der Waals surface area (Å²) >= 11 is 0. The fraction of sp³-hybridized carbons (Fsp3) is 0.345. The average molecular weight is 487 g/mol. The minimum absolute atomic E-state index is 0.0988. The lowest BCUT2D eigenvalue weighted by Crippen LogP contribution is -2.24. The summed E-state index contributed by atoms with van der Waals surface area (Å²) in [6.45, 7) is 8.68. The summed E-state index contributed by atoms with van der Waals surface area (Å²) in [6.07, 6.45) is 5.00. The van der Waals surface area contributed by atoms with Crippen LogP contribution in [0.15, 0.2) is 54.7 Å². The van der Waals surface area contributed by atoms with E-state index >= 15 is 0 Å². The standard InChI is InChI=1S/C27H32N6O.C2H6/c1-4-6-18-29-26(34)16-13-20-11-14-21(15-12-20)31-27-30-19-17-25(33-27)32-24-10-7-9-23(28-3)22(24)8-5-2;1-2/h7,9-12,14-15,17,19,28H,4,6,13,16,18H2,1-3H3,(H,29,34)(H2,30,31,32,33);1-2H3. The summed E-state index contributed by atoms with van der Waals surface area (Å²) in [5.74, 6) is 7.36. The lowest BCUT2D eigenvalue weighted by Gasteiger charge is -2.13. The maximum Gasteiger partial charge on any atom is 0.229 e. The monoisotopic (exact) mass is 486 g/mol. The first kappa shape index (κ1) is 28.2. The third-order valence-electron chi connectivity index (χ3n) is 5.21. The zero-order valence-corrected chi connectivity index (χ0v) is 22.0. The van der Waals surface area contributed by atoms with Crippen molar-refractivity contribution in [3.05, 3.63) is 65.9 Å². The molecule has 3 aromatic rings. The van der Waals surface area contributed by atoms with E-state index in [9.17, 15) is 4.79 Å². The zero-order chi connectivity index (χ0) is 26.2. The van der Waals surface area contributed by atoms with Gasteiger partial charge in [-0.2, -0.15) is 4.98 Å². The predicted octanol–water partition coefficient (Wildman–Crippen LogP) is 6.25. The van der Waals surface area contributed by atoms with Crippen LogP contribution in [0, 0.1) is 11.8 Å². The van der Waals surface area contributed by atoms with Crippen molar-refractivity contribution in [3.8, 4) is 11.8 Å². The number of nitrogens with zero attached hydrogens (tertiary/aromatic N) is 2. The van der Waals surface area contributed by atoms with Crippen molar-refractivity contribution in [2.45, 2.75) is 53.4 Å². The number of hydrogen-bond acceptors (Lipinski definition) is 6. The van der Waals surface area contributed by atoms with Gasteiger partial charge in [0.25, 0.3) is 0 Å². The summed E-state index contributed by atoms with van der Waals surface area (Å²) in [7, 11) is 1.88. The number of nitrogens with one attached hydrogen (secondary N) is 4. The molecule has 0 aliphatic rings. The quantitative estimate of drug-likeness (QED) is 0.189. The van der Waals surface area contributed by atoms with Gasteiger partial charge in [0.05, 0.1) is 16.9 Å². The zero-order valence-electron chi connectivity index (χ0n) is 22.0. The van der Waals surface area contributed by atoms with Crippen molar-refractivity contribution < 1.29 is 4.79 Å². The van der Waals surface area contributed by atoms with Gasteiger partial charge in [-0.3, -0.25) is 4.79 Å². The highest BCUT2D eigenvalue weighted by Gasteiger charge is 2.08. The Bertz CT molecular complexity index is 1150. The summed E-state index contributed by atoms with van der Waals surface area (Å²) in [4.78, 5) is 20.8. The van der Waals surface area contributed by atoms with Crippen LogP contribution in [-0.4, -0.2) is 29.5 Å². The summed E-state index contributed by atoms with van der Waals surface area (Å²) in [6, 6.07) is 15.7. The third kappa shape index (κ3) is 8.95. The molecule has 4 N–H and O–H groups in total. The highest BCUT2D eigenvalue weighted by atomic mass is 16.1. The van der Waals surface area contributed by atoms with Crippen LogP contribution in [-0.2, 0) is 11.2 Å². The van der Waals surface area contributed by atoms with Crippen LogP contribution in [0.4, 0.5) is 28.8 Å². The molecule has 36 heavy (non-hydrogen) atoms. The van der Waals surface area contributed by atoms with Crippen LogP contribution in [0.1, 0.15) is 58.1 Å². The number of benzene rings is 2. The number of amides is 1. The maximum absolute atomic E-state index is 11.9. The first-order chi connectivity index (χ1) is 17.6. The molecule has 1 amide bonds. The van der Waals surface area contributed by atoms with Crippen LogP contribution in [0.2, 0.25) is 0 Å². The van der Waals surface area contributed by atoms with Crippen molar-refractivity contribution in [3.63, 3.8) is 0 Å². The molecule has 0 atom stereocenters. The largest absolute Gasteiger partial charge is 0.387 e. The third-order valence-corrected chi connectivity index (χ3v) is 5.21. The first-order valence-corrected chi connectivity index (χ1v) is 12.6. The van der Waals surface area contributed by atoms with Crippen LogP contribution < -0.4 is 21.3 Å². The Morgan fingerprint density at radius 2 is 1.75 bits per heavy atom. The number of carbonyl (C=O) groups is 1. The van der Waals surface area contributed by atoms with Gasteiger partial charge in [-0.1, -0.05) is 51.3 Å². The second-order valence-electron chi connectivity index (χ2n) is 7.77. The van der Waals surface area contributed by atoms with Crippen molar-refractivity contribution in [1.82, 2.24) is 15.3 Å². The van der Waals surface area contributed by atoms with E-state index in [0.29, 0.717) is 24.6 Å². The minimum Gasteiger partial charge on any atom is -0.387 e. The normalized spacial score (nSPS) is 9.69. The van der Waals surface area contributed by atoms with E-state index < -0.39 is 0 Å². The number of aromatic nitrogens is 2. The summed E-state index contributed by atoms with van der Waals surface area (Å²) in [5, 5.41) is 12.7. The van der Waals surface area contributed by atoms with Crippen LogP contribution >= 0.6 is 0 Å². The van der Waals surface area contributed by atoms with Crippen molar-refractivity contribution in [2.24, 2.45) is 0 Å². The van der Waals surface area contributed by atoms with Crippen LogP contribution in [0.5, 0.6) is 0 Å². The number of carbonyl (C=O) groups excluding carboxylic acids is 1. The number of rotatable bonds is 11. The second-order valence-corrected chi connectivity index (χ2v) is 7.77. The molecule has 1 aromatic heterocycles. The second kappa shape index (κ2) is 15.8. The fourth-order valence-corrected chi connectivity index (χ4v) is 3.39. The molecular weight excluding hydrogens is 448 g/mol. The molecule has 0 spiro atoms. The van der Waals surface area contributed by atoms with Crippen LogP contribution in [0.25, 0.3) is 0 Å². The number of hydrogen-bond donors (Lipinski definition) is 4. The molecule has 0 saturated carbocycles. The van der Waals surface area contributed by atoms with E-state index in [2.05, 4.69) is 50.0 Å². The van der Waals surface area contributed by atoms with Gasteiger partial charge in [-0.25, -0.2) is 4.98 Å². The number of anilines is 5. The molecule has 7 heteroatoms. The highest BCUT2D eigenvalue weighted by molar-refractivity contribution is 5.76. The molecule has 1 heterocycles. The SMILES string of the molecule is CC.CC#Cc1c(NC)cccc1Nc1ccnc(Nc2ccc(CCC(=O)NCCCC)cc2)n1. The average Bonchev–Trinajstić information content (AvgIpc) is 2.91. The van der Waals surface area contributed by atoms with E-state index in [0.717, 1.165) is 47.6 Å². The van der Waals surface area contributed by atoms with E-state index in [4.69, 9.17) is 0 Å². The van der Waals surface area contributed by atoms with Gasteiger partial charge >= 0.3 is 0 Å². The first-order valence-electron chi connectivity index (χ1n) is 12.6.